The molecule has 3 rings (SSSR count). The number of carbonyl (C=O) groups excluding carboxylic acids is 1. The van der Waals surface area contributed by atoms with E-state index < -0.39 is 0 Å². The lowest BCUT2D eigenvalue weighted by Gasteiger charge is -2.15. The second-order valence-corrected chi connectivity index (χ2v) is 5.09. The summed E-state index contributed by atoms with van der Waals surface area (Å²) in [6.45, 7) is 5.87. The molecule has 0 saturated carbocycles. The van der Waals surface area contributed by atoms with Gasteiger partial charge >= 0.3 is 6.03 Å². The molecule has 0 atom stereocenters. The number of anilines is 2. The van der Waals surface area contributed by atoms with E-state index in [4.69, 9.17) is 4.52 Å². The Balaban J connectivity index is 1.73. The summed E-state index contributed by atoms with van der Waals surface area (Å²) >= 11 is 0. The van der Waals surface area contributed by atoms with Gasteiger partial charge in [0.1, 0.15) is 5.76 Å². The zero-order valence-electron chi connectivity index (χ0n) is 12.1. The summed E-state index contributed by atoms with van der Waals surface area (Å²) in [4.78, 5) is 13.4. The topological polar surface area (TPSA) is 70.4 Å². The highest BCUT2D eigenvalue weighted by atomic mass is 16.5. The molecule has 1 aliphatic heterocycles. The van der Waals surface area contributed by atoms with Gasteiger partial charge in [-0.05, 0) is 32.0 Å². The maximum Gasteiger partial charge on any atom is 0.321 e. The molecule has 2 amide bonds. The van der Waals surface area contributed by atoms with Crippen LogP contribution in [-0.4, -0.2) is 24.3 Å². The molecule has 6 heteroatoms. The molecule has 110 valence electrons. The van der Waals surface area contributed by atoms with Gasteiger partial charge < -0.3 is 15.2 Å². The van der Waals surface area contributed by atoms with Crippen molar-refractivity contribution in [2.45, 2.75) is 20.4 Å². The average molecular weight is 286 g/mol. The normalized spacial score (nSPS) is 14.4. The highest BCUT2D eigenvalue weighted by Crippen LogP contribution is 2.22. The van der Waals surface area contributed by atoms with Gasteiger partial charge in [0.05, 0.1) is 5.69 Å². The molecule has 0 aliphatic carbocycles. The number of nitrogens with one attached hydrogen (secondary N) is 2. The lowest BCUT2D eigenvalue weighted by molar-refractivity contribution is 0.252. The Morgan fingerprint density at radius 1 is 1.43 bits per heavy atom. The minimum absolute atomic E-state index is 0.0436. The van der Waals surface area contributed by atoms with Gasteiger partial charge in [0.25, 0.3) is 0 Å². The number of nitrogens with zero attached hydrogens (tertiary/aromatic N) is 2. The van der Waals surface area contributed by atoms with Crippen LogP contribution in [0.5, 0.6) is 0 Å². The van der Waals surface area contributed by atoms with Gasteiger partial charge in [0, 0.05) is 36.6 Å². The average Bonchev–Trinajstić information content (AvgIpc) is 3.04. The van der Waals surface area contributed by atoms with Crippen LogP contribution >= 0.6 is 0 Å². The molecule has 0 unspecified atom stereocenters. The van der Waals surface area contributed by atoms with Crippen molar-refractivity contribution in [2.75, 3.05) is 23.3 Å². The molecule has 0 radical (unpaired) electrons. The van der Waals surface area contributed by atoms with Crippen LogP contribution in [0.2, 0.25) is 0 Å². The Morgan fingerprint density at radius 3 is 2.95 bits per heavy atom. The van der Waals surface area contributed by atoms with Crippen LogP contribution in [0, 0.1) is 13.8 Å². The minimum atomic E-state index is -0.0436. The number of rotatable bonds is 4. The molecule has 2 heterocycles. The Hall–Kier alpha value is -2.50. The Morgan fingerprint density at radius 2 is 2.29 bits per heavy atom. The zero-order valence-corrected chi connectivity index (χ0v) is 12.1. The molecule has 2 aromatic rings. The fourth-order valence-corrected chi connectivity index (χ4v) is 2.45. The van der Waals surface area contributed by atoms with Gasteiger partial charge in [-0.3, -0.25) is 4.90 Å². The molecule has 21 heavy (non-hydrogen) atoms. The maximum absolute atomic E-state index is 11.7. The van der Waals surface area contributed by atoms with Gasteiger partial charge in [-0.1, -0.05) is 11.2 Å². The summed E-state index contributed by atoms with van der Waals surface area (Å²) in [7, 11) is 0. The quantitative estimate of drug-likeness (QED) is 0.905. The first kappa shape index (κ1) is 13.5. The molecule has 1 saturated heterocycles. The first-order valence-corrected chi connectivity index (χ1v) is 6.96. The van der Waals surface area contributed by atoms with E-state index in [0.717, 1.165) is 28.4 Å². The van der Waals surface area contributed by atoms with Crippen LogP contribution in [0.1, 0.15) is 17.0 Å². The SMILES string of the molecule is Cc1noc(C)c1CNc1cccc(N2CCNC2=O)c1. The van der Waals surface area contributed by atoms with Crippen molar-refractivity contribution in [3.8, 4) is 0 Å². The van der Waals surface area contributed by atoms with Crippen LogP contribution in [0.3, 0.4) is 0 Å². The van der Waals surface area contributed by atoms with Crippen LogP contribution in [-0.2, 0) is 6.54 Å². The molecular weight excluding hydrogens is 268 g/mol. The highest BCUT2D eigenvalue weighted by molar-refractivity contribution is 5.94. The monoisotopic (exact) mass is 286 g/mol. The van der Waals surface area contributed by atoms with E-state index >= 15 is 0 Å². The van der Waals surface area contributed by atoms with Crippen LogP contribution < -0.4 is 15.5 Å². The second-order valence-electron chi connectivity index (χ2n) is 5.09. The second kappa shape index (κ2) is 5.47. The Labute approximate surface area is 123 Å². The smallest absolute Gasteiger partial charge is 0.321 e. The van der Waals surface area contributed by atoms with Crippen LogP contribution in [0.15, 0.2) is 28.8 Å². The lowest BCUT2D eigenvalue weighted by atomic mass is 10.2. The highest BCUT2D eigenvalue weighted by Gasteiger charge is 2.21. The molecule has 0 bridgehead atoms. The number of hydrogen-bond acceptors (Lipinski definition) is 4. The molecule has 1 aliphatic rings. The van der Waals surface area contributed by atoms with Crippen LogP contribution in [0.4, 0.5) is 16.2 Å². The molecule has 2 N–H and O–H groups in total. The van der Waals surface area contributed by atoms with Gasteiger partial charge in [-0.15, -0.1) is 0 Å². The van der Waals surface area contributed by atoms with E-state index in [1.165, 1.54) is 0 Å². The van der Waals surface area contributed by atoms with Crippen molar-refractivity contribution in [3.05, 3.63) is 41.3 Å². The number of benzene rings is 1. The van der Waals surface area contributed by atoms with Crippen molar-refractivity contribution in [3.63, 3.8) is 0 Å². The summed E-state index contributed by atoms with van der Waals surface area (Å²) < 4.78 is 5.15. The molecule has 1 fully saturated rings. The fourth-order valence-electron chi connectivity index (χ4n) is 2.45. The molecule has 1 aromatic carbocycles. The Bertz CT molecular complexity index is 646. The van der Waals surface area contributed by atoms with E-state index in [9.17, 15) is 4.79 Å². The van der Waals surface area contributed by atoms with Crippen LogP contribution in [0.25, 0.3) is 0 Å². The molecule has 1 aromatic heterocycles. The molecule has 0 spiro atoms. The van der Waals surface area contributed by atoms with Gasteiger partial charge in [0.2, 0.25) is 0 Å². The summed E-state index contributed by atoms with van der Waals surface area (Å²) in [6.07, 6.45) is 0. The lowest BCUT2D eigenvalue weighted by Crippen LogP contribution is -2.27. The third kappa shape index (κ3) is 2.69. The largest absolute Gasteiger partial charge is 0.381 e. The van der Waals surface area contributed by atoms with E-state index in [2.05, 4.69) is 15.8 Å². The number of hydrogen-bond donors (Lipinski definition) is 2. The fraction of sp³-hybridized carbons (Fsp3) is 0.333. The van der Waals surface area contributed by atoms with E-state index in [-0.39, 0.29) is 6.03 Å². The predicted octanol–water partition coefficient (Wildman–Crippen LogP) is 2.43. The van der Waals surface area contributed by atoms with E-state index in [0.29, 0.717) is 19.6 Å². The third-order valence-electron chi connectivity index (χ3n) is 3.67. The first-order valence-electron chi connectivity index (χ1n) is 6.96. The number of aromatic nitrogens is 1. The number of aryl methyl sites for hydroxylation is 2. The summed E-state index contributed by atoms with van der Waals surface area (Å²) in [6, 6.07) is 7.79. The third-order valence-corrected chi connectivity index (χ3v) is 3.67. The van der Waals surface area contributed by atoms with E-state index in [1.807, 2.05) is 38.1 Å². The standard InChI is InChI=1S/C15H18N4O2/c1-10-14(11(2)21-18-10)9-17-12-4-3-5-13(8-12)19-7-6-16-15(19)20/h3-5,8,17H,6-7,9H2,1-2H3,(H,16,20). The number of urea groups is 1. The number of amides is 2. The van der Waals surface area contributed by atoms with Crippen molar-refractivity contribution in [1.82, 2.24) is 10.5 Å². The first-order chi connectivity index (χ1) is 10.1. The summed E-state index contributed by atoms with van der Waals surface area (Å²) in [5.74, 6) is 0.829. The van der Waals surface area contributed by atoms with Crippen molar-refractivity contribution >= 4 is 17.4 Å². The van der Waals surface area contributed by atoms with Gasteiger partial charge in [-0.2, -0.15) is 0 Å². The van der Waals surface area contributed by atoms with Gasteiger partial charge in [-0.25, -0.2) is 4.79 Å². The van der Waals surface area contributed by atoms with Crippen molar-refractivity contribution in [1.29, 1.82) is 0 Å². The molecule has 6 nitrogen and oxygen atoms in total. The van der Waals surface area contributed by atoms with Gasteiger partial charge in [0.15, 0.2) is 0 Å². The Kier molecular flexibility index (Phi) is 3.51. The summed E-state index contributed by atoms with van der Waals surface area (Å²) in [5.41, 5.74) is 3.83. The van der Waals surface area contributed by atoms with Crippen molar-refractivity contribution < 1.29 is 9.32 Å². The zero-order chi connectivity index (χ0) is 14.8. The summed E-state index contributed by atoms with van der Waals surface area (Å²) in [5, 5.41) is 10.1. The van der Waals surface area contributed by atoms with Crippen molar-refractivity contribution in [2.24, 2.45) is 0 Å². The predicted molar refractivity (Wildman–Crippen MR) is 80.5 cm³/mol. The maximum atomic E-state index is 11.7. The molecular formula is C15H18N4O2. The number of carbonyl (C=O) groups is 1. The van der Waals surface area contributed by atoms with E-state index in [1.54, 1.807) is 4.90 Å². The minimum Gasteiger partial charge on any atom is -0.381 e.